The number of aromatic nitrogens is 1. The van der Waals surface area contributed by atoms with Crippen molar-refractivity contribution >= 4 is 40.2 Å². The average Bonchev–Trinajstić information content (AvgIpc) is 2.95. The maximum Gasteiger partial charge on any atom is 0.411 e. The lowest BCUT2D eigenvalue weighted by atomic mass is 10.2. The smallest absolute Gasteiger partial charge is 0.411 e. The quantitative estimate of drug-likeness (QED) is 0.903. The van der Waals surface area contributed by atoms with Gasteiger partial charge in [-0.15, -0.1) is 23.1 Å². The Morgan fingerprint density at radius 3 is 2.76 bits per heavy atom. The highest BCUT2D eigenvalue weighted by Crippen LogP contribution is 2.25. The normalized spacial score (nSPS) is 18.7. The molecule has 0 radical (unpaired) electrons. The van der Waals surface area contributed by atoms with E-state index in [1.54, 1.807) is 6.20 Å². The van der Waals surface area contributed by atoms with Gasteiger partial charge in [-0.25, -0.2) is 9.78 Å². The van der Waals surface area contributed by atoms with Gasteiger partial charge in [0.1, 0.15) is 11.6 Å². The monoisotopic (exact) mass is 329 g/mol. The van der Waals surface area contributed by atoms with E-state index in [1.807, 2.05) is 27.7 Å². The number of thioether (sulfide) groups is 1. The number of hydrogen-bond donors (Lipinski definition) is 1. The molecule has 2 amide bonds. The van der Waals surface area contributed by atoms with Crippen LogP contribution in [0.25, 0.3) is 0 Å². The molecule has 0 bridgehead atoms. The Kier molecular flexibility index (Phi) is 4.77. The van der Waals surface area contributed by atoms with Crippen LogP contribution in [0.4, 0.5) is 9.93 Å². The molecule has 0 aromatic carbocycles. The number of amides is 2. The van der Waals surface area contributed by atoms with Crippen molar-refractivity contribution in [3.63, 3.8) is 0 Å². The van der Waals surface area contributed by atoms with Crippen LogP contribution in [0.2, 0.25) is 0 Å². The average molecular weight is 329 g/mol. The van der Waals surface area contributed by atoms with Crippen molar-refractivity contribution in [2.24, 2.45) is 0 Å². The number of ether oxygens (including phenoxy) is 1. The highest BCUT2D eigenvalue weighted by molar-refractivity contribution is 7.99. The largest absolute Gasteiger partial charge is 0.444 e. The van der Waals surface area contributed by atoms with E-state index in [4.69, 9.17) is 4.74 Å². The van der Waals surface area contributed by atoms with Crippen LogP contribution in [0.1, 0.15) is 25.6 Å². The maximum absolute atomic E-state index is 12.3. The van der Waals surface area contributed by atoms with Gasteiger partial charge in [0.25, 0.3) is 0 Å². The van der Waals surface area contributed by atoms with E-state index in [1.165, 1.54) is 28.0 Å². The third-order valence-corrected chi connectivity index (χ3v) is 4.50. The molecule has 6 nitrogen and oxygen atoms in total. The molecule has 2 rings (SSSR count). The summed E-state index contributed by atoms with van der Waals surface area (Å²) in [6.07, 6.45) is 1.25. The second-order valence-corrected chi connectivity index (χ2v) is 7.97. The molecule has 1 saturated heterocycles. The fourth-order valence-electron chi connectivity index (χ4n) is 1.76. The molecule has 1 aromatic heterocycles. The van der Waals surface area contributed by atoms with E-state index in [-0.39, 0.29) is 5.91 Å². The van der Waals surface area contributed by atoms with Crippen LogP contribution in [0.5, 0.6) is 0 Å². The summed E-state index contributed by atoms with van der Waals surface area (Å²) in [5.41, 5.74) is -0.572. The minimum absolute atomic E-state index is 0.222. The van der Waals surface area contributed by atoms with E-state index in [2.05, 4.69) is 10.3 Å². The van der Waals surface area contributed by atoms with E-state index in [0.717, 1.165) is 4.88 Å². The summed E-state index contributed by atoms with van der Waals surface area (Å²) in [5.74, 6) is 0.805. The van der Waals surface area contributed by atoms with Crippen molar-refractivity contribution in [3.8, 4) is 0 Å². The van der Waals surface area contributed by atoms with E-state index in [0.29, 0.717) is 16.8 Å². The first-order chi connectivity index (χ1) is 9.76. The minimum Gasteiger partial charge on any atom is -0.444 e. The fourth-order valence-corrected chi connectivity index (χ4v) is 3.57. The third-order valence-electron chi connectivity index (χ3n) is 2.66. The van der Waals surface area contributed by atoms with Gasteiger partial charge in [-0.1, -0.05) is 0 Å². The van der Waals surface area contributed by atoms with Crippen LogP contribution >= 0.6 is 23.1 Å². The number of aryl methyl sites for hydroxylation is 1. The molecular formula is C13H19N3O3S2. The number of thiazole rings is 1. The maximum atomic E-state index is 12.3. The van der Waals surface area contributed by atoms with Crippen molar-refractivity contribution < 1.29 is 14.3 Å². The van der Waals surface area contributed by atoms with Gasteiger partial charge in [0, 0.05) is 16.8 Å². The number of anilines is 1. The van der Waals surface area contributed by atoms with Gasteiger partial charge in [0.05, 0.1) is 5.88 Å². The molecule has 116 valence electrons. The summed E-state index contributed by atoms with van der Waals surface area (Å²) >= 11 is 2.95. The Bertz CT molecular complexity index is 539. The van der Waals surface area contributed by atoms with Crippen molar-refractivity contribution in [1.29, 1.82) is 0 Å². The molecule has 0 spiro atoms. The molecule has 1 atom stereocenters. The molecule has 1 aromatic rings. The van der Waals surface area contributed by atoms with Gasteiger partial charge in [0.15, 0.2) is 5.13 Å². The van der Waals surface area contributed by atoms with Gasteiger partial charge in [-0.05, 0) is 27.7 Å². The van der Waals surface area contributed by atoms with Crippen molar-refractivity contribution in [1.82, 2.24) is 9.88 Å². The molecule has 21 heavy (non-hydrogen) atoms. The summed E-state index contributed by atoms with van der Waals surface area (Å²) in [6.45, 7) is 7.34. The summed E-state index contributed by atoms with van der Waals surface area (Å²) in [5, 5.41) is 3.31. The number of nitrogens with zero attached hydrogens (tertiary/aromatic N) is 2. The first-order valence-corrected chi connectivity index (χ1v) is 8.54. The number of nitrogens with one attached hydrogen (secondary N) is 1. The number of carbonyl (C=O) groups is 2. The van der Waals surface area contributed by atoms with E-state index < -0.39 is 17.7 Å². The van der Waals surface area contributed by atoms with Gasteiger partial charge in [-0.3, -0.25) is 9.69 Å². The number of rotatable bonds is 2. The Labute approximate surface area is 132 Å². The SMILES string of the molecule is Cc1cnc(NC(=O)[C@@H]2CSCN2C(=O)OC(C)(C)C)s1. The molecule has 1 fully saturated rings. The van der Waals surface area contributed by atoms with Gasteiger partial charge in [0.2, 0.25) is 5.91 Å². The van der Waals surface area contributed by atoms with Crippen LogP contribution in [-0.4, -0.2) is 45.2 Å². The highest BCUT2D eigenvalue weighted by Gasteiger charge is 2.37. The van der Waals surface area contributed by atoms with E-state index >= 15 is 0 Å². The van der Waals surface area contributed by atoms with Gasteiger partial charge < -0.3 is 10.1 Å². The van der Waals surface area contributed by atoms with Crippen LogP contribution in [0.3, 0.4) is 0 Å². The zero-order valence-electron chi connectivity index (χ0n) is 12.5. The molecule has 0 aliphatic carbocycles. The first-order valence-electron chi connectivity index (χ1n) is 6.57. The second-order valence-electron chi connectivity index (χ2n) is 5.73. The van der Waals surface area contributed by atoms with Crippen LogP contribution in [0, 0.1) is 6.92 Å². The van der Waals surface area contributed by atoms with Crippen molar-refractivity contribution in [2.45, 2.75) is 39.3 Å². The van der Waals surface area contributed by atoms with E-state index in [9.17, 15) is 9.59 Å². The molecular weight excluding hydrogens is 310 g/mol. The van der Waals surface area contributed by atoms with Crippen molar-refractivity contribution in [2.75, 3.05) is 16.9 Å². The van der Waals surface area contributed by atoms with Crippen molar-refractivity contribution in [3.05, 3.63) is 11.1 Å². The summed E-state index contributed by atoms with van der Waals surface area (Å²) in [6, 6.07) is -0.519. The predicted molar refractivity (Wildman–Crippen MR) is 84.7 cm³/mol. The first kappa shape index (κ1) is 16.1. The molecule has 8 heteroatoms. The molecule has 1 N–H and O–H groups in total. The predicted octanol–water partition coefficient (Wildman–Crippen LogP) is 2.70. The zero-order valence-corrected chi connectivity index (χ0v) is 14.1. The molecule has 0 saturated carbocycles. The highest BCUT2D eigenvalue weighted by atomic mass is 32.2. The lowest BCUT2D eigenvalue weighted by molar-refractivity contribution is -0.120. The number of hydrogen-bond acceptors (Lipinski definition) is 6. The molecule has 1 aliphatic heterocycles. The van der Waals surface area contributed by atoms with Crippen LogP contribution in [-0.2, 0) is 9.53 Å². The van der Waals surface area contributed by atoms with Gasteiger partial charge >= 0.3 is 6.09 Å². The molecule has 1 aliphatic rings. The summed E-state index contributed by atoms with van der Waals surface area (Å²) < 4.78 is 5.34. The standard InChI is InChI=1S/C13H19N3O3S2/c1-8-5-14-11(21-8)15-10(17)9-6-20-7-16(9)12(18)19-13(2,3)4/h5,9H,6-7H2,1-4H3,(H,14,15,17)/t9-/m0/s1. The van der Waals surface area contributed by atoms with Gasteiger partial charge in [-0.2, -0.15) is 0 Å². The Hall–Kier alpha value is -1.28. The lowest BCUT2D eigenvalue weighted by Gasteiger charge is -2.27. The molecule has 0 unspecified atom stereocenters. The topological polar surface area (TPSA) is 71.5 Å². The van der Waals surface area contributed by atoms with Crippen LogP contribution in [0.15, 0.2) is 6.20 Å². The van der Waals surface area contributed by atoms with Crippen LogP contribution < -0.4 is 5.32 Å². The summed E-state index contributed by atoms with van der Waals surface area (Å²) in [4.78, 5) is 31.0. The molecule has 2 heterocycles. The second kappa shape index (κ2) is 6.23. The lowest BCUT2D eigenvalue weighted by Crippen LogP contribution is -2.46. The zero-order chi connectivity index (χ0) is 15.6. The fraction of sp³-hybridized carbons (Fsp3) is 0.615. The number of carbonyl (C=O) groups excluding carboxylic acids is 2. The minimum atomic E-state index is -0.572. The summed E-state index contributed by atoms with van der Waals surface area (Å²) in [7, 11) is 0. The Morgan fingerprint density at radius 1 is 1.48 bits per heavy atom. The Balaban J connectivity index is 2.00. The Morgan fingerprint density at radius 2 is 2.19 bits per heavy atom. The third kappa shape index (κ3) is 4.34.